The summed E-state index contributed by atoms with van der Waals surface area (Å²) in [7, 11) is 0. The molecule has 6 nitrogen and oxygen atoms in total. The quantitative estimate of drug-likeness (QED) is 0.750. The molecule has 0 bridgehead atoms. The van der Waals surface area contributed by atoms with Crippen LogP contribution in [0.1, 0.15) is 19.3 Å². The number of amides is 1. The fraction of sp³-hybridized carbons (Fsp3) is 0.300. The van der Waals surface area contributed by atoms with Gasteiger partial charge in [-0.05, 0) is 19.3 Å². The molecule has 1 aromatic heterocycles. The van der Waals surface area contributed by atoms with Gasteiger partial charge in [-0.3, -0.25) is 4.79 Å². The Morgan fingerprint density at radius 2 is 2.06 bits per heavy atom. The van der Waals surface area contributed by atoms with Gasteiger partial charge in [-0.25, -0.2) is 9.69 Å². The van der Waals surface area contributed by atoms with Gasteiger partial charge < -0.3 is 5.11 Å². The van der Waals surface area contributed by atoms with Gasteiger partial charge in [-0.1, -0.05) is 6.08 Å². The fourth-order valence-electron chi connectivity index (χ4n) is 2.09. The second-order valence-corrected chi connectivity index (χ2v) is 3.77. The Morgan fingerprint density at radius 3 is 2.81 bits per heavy atom. The maximum absolute atomic E-state index is 11.9. The number of nitrogens with zero attached hydrogens (tertiary/aromatic N) is 4. The van der Waals surface area contributed by atoms with E-state index in [1.165, 1.54) is 22.3 Å². The van der Waals surface area contributed by atoms with Gasteiger partial charge in [0.25, 0.3) is 0 Å². The summed E-state index contributed by atoms with van der Waals surface area (Å²) in [5.74, 6) is -0.567. The summed E-state index contributed by atoms with van der Waals surface area (Å²) in [5, 5.41) is 18.5. The van der Waals surface area contributed by atoms with Gasteiger partial charge in [0, 0.05) is 5.57 Å². The Balaban J connectivity index is 2.10. The molecule has 0 saturated heterocycles. The number of fused-ring (bicyclic) bond motifs is 1. The number of rotatable bonds is 1. The first-order valence-corrected chi connectivity index (χ1v) is 5.11. The molecule has 0 spiro atoms. The van der Waals surface area contributed by atoms with Crippen LogP contribution in [0.2, 0.25) is 0 Å². The maximum atomic E-state index is 11.9. The molecular formula is C10H10N4O2. The van der Waals surface area contributed by atoms with Gasteiger partial charge >= 0.3 is 5.91 Å². The zero-order chi connectivity index (χ0) is 11.1. The van der Waals surface area contributed by atoms with E-state index in [9.17, 15) is 9.90 Å². The molecule has 0 radical (unpaired) electrons. The minimum atomic E-state index is -0.414. The van der Waals surface area contributed by atoms with Gasteiger partial charge in [0.05, 0.1) is 5.70 Å². The van der Waals surface area contributed by atoms with Crippen molar-refractivity contribution in [2.45, 2.75) is 19.3 Å². The van der Waals surface area contributed by atoms with E-state index in [0.717, 1.165) is 30.5 Å². The molecule has 1 N–H and O–H groups in total. The van der Waals surface area contributed by atoms with Crippen molar-refractivity contribution in [3.63, 3.8) is 0 Å². The van der Waals surface area contributed by atoms with E-state index in [1.807, 2.05) is 6.08 Å². The van der Waals surface area contributed by atoms with Crippen LogP contribution in [-0.4, -0.2) is 25.9 Å². The van der Waals surface area contributed by atoms with Gasteiger partial charge in [0.2, 0.25) is 0 Å². The summed E-state index contributed by atoms with van der Waals surface area (Å²) >= 11 is 0. The third kappa shape index (κ3) is 1.09. The number of hydrogen-bond donors (Lipinski definition) is 1. The third-order valence-electron chi connectivity index (χ3n) is 2.82. The standard InChI is InChI=1S/C10H10N4O2/c15-9-7-3-1-2-4-8(7)14(10(9)16)13-5-11-12-6-13/h4-6,15H,1-3H2. The average molecular weight is 218 g/mol. The monoisotopic (exact) mass is 218 g/mol. The molecule has 0 fully saturated rings. The van der Waals surface area contributed by atoms with Crippen LogP contribution in [0.25, 0.3) is 0 Å². The lowest BCUT2D eigenvalue weighted by atomic mass is 9.99. The second kappa shape index (κ2) is 3.19. The highest BCUT2D eigenvalue weighted by Crippen LogP contribution is 2.34. The van der Waals surface area contributed by atoms with Crippen LogP contribution in [0.4, 0.5) is 0 Å². The molecule has 2 aliphatic rings. The summed E-state index contributed by atoms with van der Waals surface area (Å²) in [6.07, 6.45) is 7.44. The number of hydrogen-bond acceptors (Lipinski definition) is 4. The Bertz CT molecular complexity index is 501. The highest BCUT2D eigenvalue weighted by Gasteiger charge is 2.37. The van der Waals surface area contributed by atoms with Crippen molar-refractivity contribution in [3.8, 4) is 0 Å². The number of aliphatic hydroxyl groups excluding tert-OH is 1. The summed E-state index contributed by atoms with van der Waals surface area (Å²) in [6, 6.07) is 0. The summed E-state index contributed by atoms with van der Waals surface area (Å²) < 4.78 is 1.47. The zero-order valence-corrected chi connectivity index (χ0v) is 8.50. The van der Waals surface area contributed by atoms with Crippen molar-refractivity contribution in [2.75, 3.05) is 5.01 Å². The van der Waals surface area contributed by atoms with Gasteiger partial charge in [-0.15, -0.1) is 10.2 Å². The largest absolute Gasteiger partial charge is 0.503 e. The molecular weight excluding hydrogens is 208 g/mol. The van der Waals surface area contributed by atoms with Crippen LogP contribution in [0, 0.1) is 0 Å². The highest BCUT2D eigenvalue weighted by atomic mass is 16.3. The fourth-order valence-corrected chi connectivity index (χ4v) is 2.09. The molecule has 1 aliphatic carbocycles. The van der Waals surface area contributed by atoms with E-state index < -0.39 is 5.91 Å². The molecule has 6 heteroatoms. The minimum absolute atomic E-state index is 0.153. The number of carbonyl (C=O) groups excluding carboxylic acids is 1. The van der Waals surface area contributed by atoms with Crippen LogP contribution < -0.4 is 5.01 Å². The molecule has 0 unspecified atom stereocenters. The normalized spacial score (nSPS) is 20.1. The first-order chi connectivity index (χ1) is 7.79. The SMILES string of the molecule is O=C1C(O)=C2CCCC=C2N1n1cnnc1. The Morgan fingerprint density at radius 1 is 1.31 bits per heavy atom. The van der Waals surface area contributed by atoms with E-state index in [4.69, 9.17) is 0 Å². The molecule has 0 aromatic carbocycles. The van der Waals surface area contributed by atoms with Crippen molar-refractivity contribution in [2.24, 2.45) is 0 Å². The molecule has 1 amide bonds. The van der Waals surface area contributed by atoms with E-state index >= 15 is 0 Å². The highest BCUT2D eigenvalue weighted by molar-refractivity contribution is 6.06. The topological polar surface area (TPSA) is 71.2 Å². The van der Waals surface area contributed by atoms with Crippen molar-refractivity contribution >= 4 is 5.91 Å². The van der Waals surface area contributed by atoms with Crippen molar-refractivity contribution < 1.29 is 9.90 Å². The zero-order valence-electron chi connectivity index (χ0n) is 8.50. The summed E-state index contributed by atoms with van der Waals surface area (Å²) in [5.41, 5.74) is 1.48. The lowest BCUT2D eigenvalue weighted by Crippen LogP contribution is -2.35. The van der Waals surface area contributed by atoms with Gasteiger partial charge in [0.15, 0.2) is 5.76 Å². The van der Waals surface area contributed by atoms with Crippen molar-refractivity contribution in [1.29, 1.82) is 0 Å². The van der Waals surface area contributed by atoms with Crippen molar-refractivity contribution in [1.82, 2.24) is 14.9 Å². The van der Waals surface area contributed by atoms with Crippen LogP contribution in [0.3, 0.4) is 0 Å². The average Bonchev–Trinajstić information content (AvgIpc) is 2.89. The van der Waals surface area contributed by atoms with Crippen molar-refractivity contribution in [3.05, 3.63) is 35.8 Å². The van der Waals surface area contributed by atoms with Crippen LogP contribution in [0.5, 0.6) is 0 Å². The molecule has 1 aliphatic heterocycles. The Labute approximate surface area is 91.5 Å². The van der Waals surface area contributed by atoms with Gasteiger partial charge in [0.1, 0.15) is 12.7 Å². The van der Waals surface area contributed by atoms with Crippen LogP contribution in [0.15, 0.2) is 35.8 Å². The summed E-state index contributed by atoms with van der Waals surface area (Å²) in [4.78, 5) is 11.9. The minimum Gasteiger partial charge on any atom is -0.503 e. The van der Waals surface area contributed by atoms with Gasteiger partial charge in [-0.2, -0.15) is 0 Å². The second-order valence-electron chi connectivity index (χ2n) is 3.77. The van der Waals surface area contributed by atoms with E-state index in [2.05, 4.69) is 10.2 Å². The Hall–Kier alpha value is -2.11. The number of carbonyl (C=O) groups is 1. The molecule has 3 rings (SSSR count). The molecule has 0 atom stereocenters. The predicted molar refractivity (Wildman–Crippen MR) is 54.8 cm³/mol. The lowest BCUT2D eigenvalue weighted by Gasteiger charge is -2.21. The molecule has 0 saturated carbocycles. The first kappa shape index (κ1) is 9.14. The number of allylic oxidation sites excluding steroid dienone is 2. The molecule has 16 heavy (non-hydrogen) atoms. The first-order valence-electron chi connectivity index (χ1n) is 5.11. The smallest absolute Gasteiger partial charge is 0.312 e. The van der Waals surface area contributed by atoms with Crippen LogP contribution >= 0.6 is 0 Å². The molecule has 82 valence electrons. The van der Waals surface area contributed by atoms with E-state index in [0.29, 0.717) is 0 Å². The third-order valence-corrected chi connectivity index (χ3v) is 2.82. The summed E-state index contributed by atoms with van der Waals surface area (Å²) in [6.45, 7) is 0. The molecule has 2 heterocycles. The number of aliphatic hydroxyl groups is 1. The predicted octanol–water partition coefficient (Wildman–Crippen LogP) is 0.636. The molecule has 1 aromatic rings. The van der Waals surface area contributed by atoms with E-state index in [1.54, 1.807) is 0 Å². The van der Waals surface area contributed by atoms with E-state index in [-0.39, 0.29) is 5.76 Å². The maximum Gasteiger partial charge on any atom is 0.312 e. The lowest BCUT2D eigenvalue weighted by molar-refractivity contribution is -0.117. The van der Waals surface area contributed by atoms with Crippen LogP contribution in [-0.2, 0) is 4.79 Å². The Kier molecular flexibility index (Phi) is 1.82. The number of aromatic nitrogens is 3.